The van der Waals surface area contributed by atoms with E-state index >= 15 is 0 Å². The number of benzene rings is 1. The Morgan fingerprint density at radius 2 is 2.21 bits per heavy atom. The number of thiazole rings is 1. The Bertz CT molecular complexity index is 549. The third-order valence-electron chi connectivity index (χ3n) is 3.33. The predicted molar refractivity (Wildman–Crippen MR) is 79.9 cm³/mol. The Hall–Kier alpha value is -1.39. The van der Waals surface area contributed by atoms with Crippen molar-refractivity contribution in [1.29, 1.82) is 0 Å². The van der Waals surface area contributed by atoms with E-state index in [1.165, 1.54) is 28.8 Å². The molecule has 1 N–H and O–H groups in total. The molecule has 100 valence electrons. The molecule has 0 radical (unpaired) electrons. The summed E-state index contributed by atoms with van der Waals surface area (Å²) in [5, 5.41) is 4.25. The Morgan fingerprint density at radius 3 is 3.00 bits per heavy atom. The molecule has 3 nitrogen and oxygen atoms in total. The molecule has 0 saturated heterocycles. The molecule has 0 bridgehead atoms. The highest BCUT2D eigenvalue weighted by molar-refractivity contribution is 7.18. The van der Waals surface area contributed by atoms with Gasteiger partial charge >= 0.3 is 0 Å². The number of nitrogens with one attached hydrogen (secondary N) is 1. The first-order chi connectivity index (χ1) is 9.38. The minimum Gasteiger partial charge on any atom is -0.383 e. The molecule has 0 amide bonds. The van der Waals surface area contributed by atoms with Gasteiger partial charge in [-0.25, -0.2) is 4.98 Å². The van der Waals surface area contributed by atoms with E-state index in [0.29, 0.717) is 6.61 Å². The maximum absolute atomic E-state index is 5.03. The van der Waals surface area contributed by atoms with Crippen LogP contribution in [0, 0.1) is 0 Å². The summed E-state index contributed by atoms with van der Waals surface area (Å²) in [4.78, 5) is 5.69. The van der Waals surface area contributed by atoms with Gasteiger partial charge < -0.3 is 10.1 Å². The SMILES string of the molecule is COCCNc1ncc(-c2ccccc2C2CC2)s1. The molecule has 1 aromatic heterocycles. The van der Waals surface area contributed by atoms with Crippen LogP contribution in [0.4, 0.5) is 5.13 Å². The number of aromatic nitrogens is 1. The van der Waals surface area contributed by atoms with Gasteiger partial charge in [0.05, 0.1) is 11.5 Å². The van der Waals surface area contributed by atoms with Gasteiger partial charge in [-0.15, -0.1) is 0 Å². The topological polar surface area (TPSA) is 34.1 Å². The lowest BCUT2D eigenvalue weighted by Crippen LogP contribution is -2.06. The molecule has 2 aromatic rings. The summed E-state index contributed by atoms with van der Waals surface area (Å²) in [5.74, 6) is 0.767. The minimum atomic E-state index is 0.702. The summed E-state index contributed by atoms with van der Waals surface area (Å²) in [6, 6.07) is 8.71. The first-order valence-electron chi connectivity index (χ1n) is 6.66. The summed E-state index contributed by atoms with van der Waals surface area (Å²) in [6.45, 7) is 1.50. The highest BCUT2D eigenvalue weighted by Crippen LogP contribution is 2.45. The number of ether oxygens (including phenoxy) is 1. The second kappa shape index (κ2) is 5.72. The number of nitrogens with zero attached hydrogens (tertiary/aromatic N) is 1. The molecule has 4 heteroatoms. The van der Waals surface area contributed by atoms with Gasteiger partial charge in [0, 0.05) is 19.9 Å². The van der Waals surface area contributed by atoms with Crippen LogP contribution >= 0.6 is 11.3 Å². The molecule has 3 rings (SSSR count). The summed E-state index contributed by atoms with van der Waals surface area (Å²) < 4.78 is 5.03. The lowest BCUT2D eigenvalue weighted by molar-refractivity contribution is 0.211. The quantitative estimate of drug-likeness (QED) is 0.815. The first kappa shape index (κ1) is 12.6. The highest BCUT2D eigenvalue weighted by atomic mass is 32.1. The average molecular weight is 274 g/mol. The smallest absolute Gasteiger partial charge is 0.183 e. The van der Waals surface area contributed by atoms with Crippen molar-refractivity contribution in [3.8, 4) is 10.4 Å². The fourth-order valence-electron chi connectivity index (χ4n) is 2.21. The zero-order chi connectivity index (χ0) is 13.1. The van der Waals surface area contributed by atoms with Crippen molar-refractivity contribution in [2.45, 2.75) is 18.8 Å². The highest BCUT2D eigenvalue weighted by Gasteiger charge is 2.26. The van der Waals surface area contributed by atoms with Crippen molar-refractivity contribution in [2.75, 3.05) is 25.6 Å². The van der Waals surface area contributed by atoms with Gasteiger partial charge in [-0.05, 0) is 29.9 Å². The minimum absolute atomic E-state index is 0.702. The molecule has 1 heterocycles. The van der Waals surface area contributed by atoms with Crippen LogP contribution in [0.15, 0.2) is 30.5 Å². The largest absolute Gasteiger partial charge is 0.383 e. The Labute approximate surface area is 117 Å². The summed E-state index contributed by atoms with van der Waals surface area (Å²) in [6.07, 6.45) is 4.63. The van der Waals surface area contributed by atoms with Crippen LogP contribution in [0.25, 0.3) is 10.4 Å². The van der Waals surface area contributed by atoms with E-state index in [4.69, 9.17) is 4.74 Å². The molecule has 1 fully saturated rings. The molecule has 1 saturated carbocycles. The number of methoxy groups -OCH3 is 1. The van der Waals surface area contributed by atoms with Gasteiger partial charge in [-0.2, -0.15) is 0 Å². The van der Waals surface area contributed by atoms with E-state index in [1.807, 2.05) is 6.20 Å². The van der Waals surface area contributed by atoms with Crippen molar-refractivity contribution in [1.82, 2.24) is 4.98 Å². The van der Waals surface area contributed by atoms with Gasteiger partial charge in [0.2, 0.25) is 0 Å². The average Bonchev–Trinajstić information content (AvgIpc) is 3.19. The monoisotopic (exact) mass is 274 g/mol. The zero-order valence-electron chi connectivity index (χ0n) is 11.1. The third-order valence-corrected chi connectivity index (χ3v) is 4.32. The van der Waals surface area contributed by atoms with E-state index in [0.717, 1.165) is 17.6 Å². The van der Waals surface area contributed by atoms with Crippen molar-refractivity contribution >= 4 is 16.5 Å². The lowest BCUT2D eigenvalue weighted by Gasteiger charge is -2.05. The molecule has 19 heavy (non-hydrogen) atoms. The van der Waals surface area contributed by atoms with Gasteiger partial charge in [0.25, 0.3) is 0 Å². The number of hydrogen-bond donors (Lipinski definition) is 1. The van der Waals surface area contributed by atoms with E-state index in [2.05, 4.69) is 34.6 Å². The lowest BCUT2D eigenvalue weighted by atomic mass is 10.0. The molecule has 0 unspecified atom stereocenters. The predicted octanol–water partition coefficient (Wildman–Crippen LogP) is 3.75. The maximum Gasteiger partial charge on any atom is 0.183 e. The maximum atomic E-state index is 5.03. The van der Waals surface area contributed by atoms with E-state index in [-0.39, 0.29) is 0 Å². The van der Waals surface area contributed by atoms with Gasteiger partial charge in [0.15, 0.2) is 5.13 Å². The first-order valence-corrected chi connectivity index (χ1v) is 7.48. The number of anilines is 1. The van der Waals surface area contributed by atoms with E-state index in [9.17, 15) is 0 Å². The molecule has 1 aromatic carbocycles. The zero-order valence-corrected chi connectivity index (χ0v) is 11.9. The fourth-order valence-corrected chi connectivity index (χ4v) is 3.10. The molecule has 1 aliphatic carbocycles. The Morgan fingerprint density at radius 1 is 1.37 bits per heavy atom. The van der Waals surface area contributed by atoms with Crippen molar-refractivity contribution < 1.29 is 4.74 Å². The van der Waals surface area contributed by atoms with Gasteiger partial charge in [-0.1, -0.05) is 35.6 Å². The molecule has 1 aliphatic rings. The van der Waals surface area contributed by atoms with Gasteiger partial charge in [0.1, 0.15) is 0 Å². The van der Waals surface area contributed by atoms with Crippen LogP contribution in [-0.4, -0.2) is 25.2 Å². The summed E-state index contributed by atoms with van der Waals surface area (Å²) in [7, 11) is 1.71. The summed E-state index contributed by atoms with van der Waals surface area (Å²) >= 11 is 1.72. The second-order valence-electron chi connectivity index (χ2n) is 4.81. The standard InChI is InChI=1S/C15H18N2OS/c1-18-9-8-16-15-17-10-14(19-15)13-5-3-2-4-12(13)11-6-7-11/h2-5,10-11H,6-9H2,1H3,(H,16,17). The van der Waals surface area contributed by atoms with Crippen molar-refractivity contribution in [2.24, 2.45) is 0 Å². The van der Waals surface area contributed by atoms with Crippen LogP contribution in [-0.2, 0) is 4.74 Å². The molecule has 0 atom stereocenters. The normalized spacial score (nSPS) is 14.6. The van der Waals surface area contributed by atoms with E-state index in [1.54, 1.807) is 18.4 Å². The molecular formula is C15H18N2OS. The third kappa shape index (κ3) is 2.96. The van der Waals surface area contributed by atoms with Crippen LogP contribution in [0.3, 0.4) is 0 Å². The van der Waals surface area contributed by atoms with Crippen LogP contribution in [0.2, 0.25) is 0 Å². The van der Waals surface area contributed by atoms with Crippen molar-refractivity contribution in [3.05, 3.63) is 36.0 Å². The number of rotatable bonds is 6. The molecule has 0 spiro atoms. The molecule has 0 aliphatic heterocycles. The second-order valence-corrected chi connectivity index (χ2v) is 5.84. The Balaban J connectivity index is 1.78. The summed E-state index contributed by atoms with van der Waals surface area (Å²) in [5.41, 5.74) is 2.83. The van der Waals surface area contributed by atoms with Gasteiger partial charge in [-0.3, -0.25) is 0 Å². The van der Waals surface area contributed by atoms with Crippen LogP contribution < -0.4 is 5.32 Å². The number of hydrogen-bond acceptors (Lipinski definition) is 4. The molecular weight excluding hydrogens is 256 g/mol. The fraction of sp³-hybridized carbons (Fsp3) is 0.400. The van der Waals surface area contributed by atoms with Crippen molar-refractivity contribution in [3.63, 3.8) is 0 Å². The van der Waals surface area contributed by atoms with E-state index < -0.39 is 0 Å². The van der Waals surface area contributed by atoms with Crippen LogP contribution in [0.1, 0.15) is 24.3 Å². The Kier molecular flexibility index (Phi) is 3.80. The van der Waals surface area contributed by atoms with Crippen LogP contribution in [0.5, 0.6) is 0 Å².